The number of carbonyl (C=O) groups excluding carboxylic acids is 2. The van der Waals surface area contributed by atoms with Gasteiger partial charge in [-0.2, -0.15) is 0 Å². The summed E-state index contributed by atoms with van der Waals surface area (Å²) in [5.41, 5.74) is -1.96. The summed E-state index contributed by atoms with van der Waals surface area (Å²) in [5, 5.41) is 0. The van der Waals surface area contributed by atoms with Crippen LogP contribution in [0.5, 0.6) is 0 Å². The molecule has 2 aliphatic carbocycles. The minimum atomic E-state index is -1.96. The van der Waals surface area contributed by atoms with Crippen molar-refractivity contribution in [3.8, 4) is 0 Å². The molecule has 1 heterocycles. The summed E-state index contributed by atoms with van der Waals surface area (Å²) in [6.07, 6.45) is 1.72. The number of ether oxygens (including phenoxy) is 2. The summed E-state index contributed by atoms with van der Waals surface area (Å²) in [7, 11) is 0. The fourth-order valence-corrected chi connectivity index (χ4v) is 3.61. The Morgan fingerprint density at radius 1 is 1.71 bits per heavy atom. The number of rotatable bonds is 2. The largest absolute Gasteiger partial charge is 0.419 e. The van der Waals surface area contributed by atoms with Crippen molar-refractivity contribution in [1.29, 1.82) is 0 Å². The first-order chi connectivity index (χ1) is 7.94. The van der Waals surface area contributed by atoms with E-state index in [0.29, 0.717) is 6.42 Å². The lowest BCUT2D eigenvalue weighted by molar-refractivity contribution is -0.235. The van der Waals surface area contributed by atoms with Gasteiger partial charge in [-0.1, -0.05) is 13.5 Å². The Labute approximate surface area is 97.8 Å². The molecule has 92 valence electrons. The Morgan fingerprint density at radius 2 is 2.41 bits per heavy atom. The zero-order valence-electron chi connectivity index (χ0n) is 9.44. The molecule has 4 nitrogen and oxygen atoms in total. The fraction of sp³-hybridized carbons (Fsp3) is 0.667. The van der Waals surface area contributed by atoms with E-state index in [-0.39, 0.29) is 18.3 Å². The van der Waals surface area contributed by atoms with Gasteiger partial charge in [0.05, 0.1) is 5.92 Å². The topological polar surface area (TPSA) is 52.6 Å². The van der Waals surface area contributed by atoms with Gasteiger partial charge in [-0.15, -0.1) is 0 Å². The highest BCUT2D eigenvalue weighted by Crippen LogP contribution is 2.66. The molecule has 0 aromatic heterocycles. The Morgan fingerprint density at radius 3 is 3.00 bits per heavy atom. The molecular weight excluding hydrogens is 227 g/mol. The number of esters is 2. The predicted molar refractivity (Wildman–Crippen MR) is 54.3 cm³/mol. The SMILES string of the molecule is C=CC(=O)OC12OC(=O)C3(F)CC(CC31)C2C. The van der Waals surface area contributed by atoms with Crippen LogP contribution in [0.4, 0.5) is 4.39 Å². The molecule has 5 atom stereocenters. The molecule has 5 heteroatoms. The molecule has 0 spiro atoms. The maximum atomic E-state index is 14.5. The average molecular weight is 240 g/mol. The number of halogens is 1. The third-order valence-electron chi connectivity index (χ3n) is 4.50. The van der Waals surface area contributed by atoms with Crippen molar-refractivity contribution < 1.29 is 23.5 Å². The minimum Gasteiger partial charge on any atom is -0.419 e. The van der Waals surface area contributed by atoms with Crippen molar-refractivity contribution in [2.75, 3.05) is 0 Å². The van der Waals surface area contributed by atoms with Gasteiger partial charge in [-0.3, -0.25) is 0 Å². The summed E-state index contributed by atoms with van der Waals surface area (Å²) in [4.78, 5) is 23.0. The maximum absolute atomic E-state index is 14.5. The Bertz CT molecular complexity index is 434. The van der Waals surface area contributed by atoms with Crippen LogP contribution in [0.2, 0.25) is 0 Å². The molecule has 1 saturated heterocycles. The van der Waals surface area contributed by atoms with E-state index in [1.54, 1.807) is 0 Å². The van der Waals surface area contributed by atoms with Crippen LogP contribution >= 0.6 is 0 Å². The van der Waals surface area contributed by atoms with Crippen molar-refractivity contribution in [3.05, 3.63) is 12.7 Å². The summed E-state index contributed by atoms with van der Waals surface area (Å²) in [6.45, 7) is 5.13. The van der Waals surface area contributed by atoms with Crippen molar-refractivity contribution in [1.82, 2.24) is 0 Å². The van der Waals surface area contributed by atoms with E-state index in [0.717, 1.165) is 6.08 Å². The molecule has 0 aromatic carbocycles. The molecule has 3 rings (SSSR count). The third-order valence-corrected chi connectivity index (χ3v) is 4.50. The molecule has 3 aliphatic rings. The van der Waals surface area contributed by atoms with Gasteiger partial charge in [0.25, 0.3) is 5.79 Å². The average Bonchev–Trinajstić information content (AvgIpc) is 2.80. The molecule has 3 fully saturated rings. The molecule has 0 N–H and O–H groups in total. The third kappa shape index (κ3) is 1.02. The highest BCUT2D eigenvalue weighted by atomic mass is 19.1. The fourth-order valence-electron chi connectivity index (χ4n) is 3.61. The first-order valence-corrected chi connectivity index (χ1v) is 5.72. The van der Waals surface area contributed by atoms with Crippen LogP contribution in [0.15, 0.2) is 12.7 Å². The van der Waals surface area contributed by atoms with E-state index in [1.165, 1.54) is 0 Å². The van der Waals surface area contributed by atoms with Crippen molar-refractivity contribution in [3.63, 3.8) is 0 Å². The number of hydrogen-bond donors (Lipinski definition) is 0. The van der Waals surface area contributed by atoms with Gasteiger partial charge >= 0.3 is 11.9 Å². The van der Waals surface area contributed by atoms with E-state index < -0.39 is 29.3 Å². The Balaban J connectivity index is 2.02. The van der Waals surface area contributed by atoms with E-state index in [1.807, 2.05) is 6.92 Å². The standard InChI is InChI=1S/C12H13FO4/c1-3-9(14)16-12-6(2)7-4-8(12)11(13,5-7)10(15)17-12/h3,6-8H,1,4-5H2,2H3. The molecule has 2 bridgehead atoms. The molecule has 2 saturated carbocycles. The normalized spacial score (nSPS) is 50.2. The van der Waals surface area contributed by atoms with Crippen LogP contribution in [0.3, 0.4) is 0 Å². The van der Waals surface area contributed by atoms with Gasteiger partial charge in [-0.05, 0) is 18.8 Å². The van der Waals surface area contributed by atoms with E-state index in [2.05, 4.69) is 6.58 Å². The number of fused-ring (bicyclic) bond motifs is 1. The second kappa shape index (κ2) is 2.89. The molecule has 1 aliphatic heterocycles. The highest BCUT2D eigenvalue weighted by Gasteiger charge is 2.79. The lowest BCUT2D eigenvalue weighted by atomic mass is 9.78. The second-order valence-corrected chi connectivity index (χ2v) is 5.14. The highest BCUT2D eigenvalue weighted by molar-refractivity contribution is 5.86. The molecule has 0 aromatic rings. The van der Waals surface area contributed by atoms with E-state index >= 15 is 0 Å². The van der Waals surface area contributed by atoms with Gasteiger partial charge in [0.1, 0.15) is 0 Å². The molecular formula is C12H13FO4. The van der Waals surface area contributed by atoms with Crippen LogP contribution in [0.25, 0.3) is 0 Å². The number of alkyl halides is 1. The summed E-state index contributed by atoms with van der Waals surface area (Å²) < 4.78 is 24.7. The minimum absolute atomic E-state index is 0.0362. The van der Waals surface area contributed by atoms with Crippen molar-refractivity contribution in [2.24, 2.45) is 17.8 Å². The van der Waals surface area contributed by atoms with Gasteiger partial charge in [-0.25, -0.2) is 14.0 Å². The van der Waals surface area contributed by atoms with E-state index in [9.17, 15) is 14.0 Å². The first kappa shape index (κ1) is 10.7. The second-order valence-electron chi connectivity index (χ2n) is 5.14. The number of hydrogen-bond acceptors (Lipinski definition) is 4. The molecule has 0 radical (unpaired) electrons. The zero-order valence-corrected chi connectivity index (χ0v) is 9.44. The predicted octanol–water partition coefficient (Wildman–Crippen LogP) is 1.35. The molecule has 0 amide bonds. The smallest absolute Gasteiger partial charge is 0.347 e. The van der Waals surface area contributed by atoms with Crippen LogP contribution in [-0.4, -0.2) is 23.4 Å². The summed E-state index contributed by atoms with van der Waals surface area (Å²) >= 11 is 0. The Hall–Kier alpha value is -1.39. The van der Waals surface area contributed by atoms with E-state index in [4.69, 9.17) is 9.47 Å². The van der Waals surface area contributed by atoms with Gasteiger partial charge in [0.15, 0.2) is 0 Å². The van der Waals surface area contributed by atoms with Gasteiger partial charge in [0.2, 0.25) is 5.67 Å². The first-order valence-electron chi connectivity index (χ1n) is 5.72. The van der Waals surface area contributed by atoms with Gasteiger partial charge < -0.3 is 9.47 Å². The van der Waals surface area contributed by atoms with Crippen molar-refractivity contribution >= 4 is 11.9 Å². The van der Waals surface area contributed by atoms with Crippen LogP contribution < -0.4 is 0 Å². The quantitative estimate of drug-likeness (QED) is 0.540. The lowest BCUT2D eigenvalue weighted by Gasteiger charge is -2.35. The van der Waals surface area contributed by atoms with Crippen molar-refractivity contribution in [2.45, 2.75) is 31.2 Å². The van der Waals surface area contributed by atoms with Crippen LogP contribution in [0, 0.1) is 17.8 Å². The summed E-state index contributed by atoms with van der Waals surface area (Å²) in [5.74, 6) is -3.75. The van der Waals surface area contributed by atoms with Gasteiger partial charge in [0, 0.05) is 12.0 Å². The lowest BCUT2D eigenvalue weighted by Crippen LogP contribution is -2.48. The Kier molecular flexibility index (Phi) is 1.83. The van der Waals surface area contributed by atoms with Crippen LogP contribution in [0.1, 0.15) is 19.8 Å². The van der Waals surface area contributed by atoms with Crippen LogP contribution in [-0.2, 0) is 19.1 Å². The maximum Gasteiger partial charge on any atom is 0.347 e. The number of carbonyl (C=O) groups is 2. The molecule has 17 heavy (non-hydrogen) atoms. The monoisotopic (exact) mass is 240 g/mol. The molecule has 5 unspecified atom stereocenters. The zero-order chi connectivity index (χ0) is 12.4. The summed E-state index contributed by atoms with van der Waals surface area (Å²) in [6, 6.07) is 0.